The summed E-state index contributed by atoms with van der Waals surface area (Å²) in [6.07, 6.45) is -0.626. The van der Waals surface area contributed by atoms with E-state index in [0.29, 0.717) is 5.56 Å². The molecule has 0 radical (unpaired) electrons. The van der Waals surface area contributed by atoms with Crippen LogP contribution in [0.2, 0.25) is 0 Å². The Kier molecular flexibility index (Phi) is 4.10. The van der Waals surface area contributed by atoms with E-state index in [0.717, 1.165) is 5.56 Å². The summed E-state index contributed by atoms with van der Waals surface area (Å²) < 4.78 is 5.28. The lowest BCUT2D eigenvalue weighted by molar-refractivity contribution is 0.0133. The summed E-state index contributed by atoms with van der Waals surface area (Å²) in [6.45, 7) is -0.234. The maximum atomic E-state index is 11.9. The second kappa shape index (κ2) is 5.98. The zero-order valence-corrected chi connectivity index (χ0v) is 9.82. The Morgan fingerprint density at radius 2 is 1.56 bits per heavy atom. The number of esters is 1. The van der Waals surface area contributed by atoms with Gasteiger partial charge in [0.1, 0.15) is 0 Å². The molecular formula is C15H14O3. The Labute approximate surface area is 106 Å². The SMILES string of the molecule is O=C(O[C@H](CO)c1ccccc1)c1ccccc1. The number of aliphatic hydroxyl groups is 1. The molecule has 92 valence electrons. The lowest BCUT2D eigenvalue weighted by Crippen LogP contribution is -2.14. The number of benzene rings is 2. The van der Waals surface area contributed by atoms with Crippen molar-refractivity contribution in [1.29, 1.82) is 0 Å². The van der Waals surface area contributed by atoms with Crippen LogP contribution in [0.4, 0.5) is 0 Å². The number of ether oxygens (including phenoxy) is 1. The van der Waals surface area contributed by atoms with Crippen molar-refractivity contribution < 1.29 is 14.6 Å². The Balaban J connectivity index is 2.10. The quantitative estimate of drug-likeness (QED) is 0.838. The highest BCUT2D eigenvalue weighted by Gasteiger charge is 2.16. The van der Waals surface area contributed by atoms with E-state index in [1.54, 1.807) is 24.3 Å². The van der Waals surface area contributed by atoms with Crippen LogP contribution in [-0.4, -0.2) is 17.7 Å². The summed E-state index contributed by atoms with van der Waals surface area (Å²) >= 11 is 0. The lowest BCUT2D eigenvalue weighted by atomic mass is 10.1. The van der Waals surface area contributed by atoms with Gasteiger partial charge in [-0.3, -0.25) is 0 Å². The molecular weight excluding hydrogens is 228 g/mol. The highest BCUT2D eigenvalue weighted by molar-refractivity contribution is 5.89. The van der Waals surface area contributed by atoms with Crippen molar-refractivity contribution in [3.63, 3.8) is 0 Å². The van der Waals surface area contributed by atoms with E-state index < -0.39 is 12.1 Å². The van der Waals surface area contributed by atoms with Gasteiger partial charge in [0.25, 0.3) is 0 Å². The molecule has 0 saturated carbocycles. The first-order chi connectivity index (χ1) is 8.81. The minimum absolute atomic E-state index is 0.234. The molecule has 1 atom stereocenters. The maximum Gasteiger partial charge on any atom is 0.338 e. The Morgan fingerprint density at radius 3 is 2.11 bits per heavy atom. The first kappa shape index (κ1) is 12.3. The van der Waals surface area contributed by atoms with Crippen LogP contribution >= 0.6 is 0 Å². The first-order valence-electron chi connectivity index (χ1n) is 5.73. The van der Waals surface area contributed by atoms with Gasteiger partial charge < -0.3 is 9.84 Å². The summed E-state index contributed by atoms with van der Waals surface area (Å²) in [7, 11) is 0. The van der Waals surface area contributed by atoms with Gasteiger partial charge in [0.15, 0.2) is 6.10 Å². The number of hydrogen-bond donors (Lipinski definition) is 1. The molecule has 3 nitrogen and oxygen atoms in total. The van der Waals surface area contributed by atoms with Crippen molar-refractivity contribution in [3.8, 4) is 0 Å². The zero-order chi connectivity index (χ0) is 12.8. The van der Waals surface area contributed by atoms with E-state index in [4.69, 9.17) is 4.74 Å². The van der Waals surface area contributed by atoms with E-state index in [1.807, 2.05) is 36.4 Å². The summed E-state index contributed by atoms with van der Waals surface area (Å²) in [5.41, 5.74) is 1.26. The average Bonchev–Trinajstić information content (AvgIpc) is 2.46. The standard InChI is InChI=1S/C15H14O3/c16-11-14(12-7-3-1-4-8-12)18-15(17)13-9-5-2-6-10-13/h1-10,14,16H,11H2/t14-/m1/s1. The molecule has 0 fully saturated rings. The van der Waals surface area contributed by atoms with Crippen molar-refractivity contribution in [2.45, 2.75) is 6.10 Å². The fourth-order valence-electron chi connectivity index (χ4n) is 1.65. The number of aliphatic hydroxyl groups excluding tert-OH is 1. The second-order valence-electron chi connectivity index (χ2n) is 3.85. The zero-order valence-electron chi connectivity index (χ0n) is 9.82. The van der Waals surface area contributed by atoms with Crippen LogP contribution in [0.15, 0.2) is 60.7 Å². The number of carbonyl (C=O) groups excluding carboxylic acids is 1. The molecule has 0 aliphatic heterocycles. The Morgan fingerprint density at radius 1 is 1.00 bits per heavy atom. The molecule has 1 N–H and O–H groups in total. The lowest BCUT2D eigenvalue weighted by Gasteiger charge is -2.15. The average molecular weight is 242 g/mol. The maximum absolute atomic E-state index is 11.9. The Hall–Kier alpha value is -2.13. The minimum atomic E-state index is -0.626. The van der Waals surface area contributed by atoms with Crippen molar-refractivity contribution in [2.24, 2.45) is 0 Å². The largest absolute Gasteiger partial charge is 0.451 e. The van der Waals surface area contributed by atoms with Crippen LogP contribution in [0.1, 0.15) is 22.0 Å². The third kappa shape index (κ3) is 2.96. The third-order valence-corrected chi connectivity index (χ3v) is 2.60. The molecule has 0 heterocycles. The van der Waals surface area contributed by atoms with Gasteiger partial charge in [0, 0.05) is 0 Å². The third-order valence-electron chi connectivity index (χ3n) is 2.60. The van der Waals surface area contributed by atoms with Gasteiger partial charge in [0.2, 0.25) is 0 Å². The normalized spacial score (nSPS) is 11.8. The van der Waals surface area contributed by atoms with Gasteiger partial charge >= 0.3 is 5.97 Å². The van der Waals surface area contributed by atoms with E-state index >= 15 is 0 Å². The van der Waals surface area contributed by atoms with Gasteiger partial charge in [-0.05, 0) is 17.7 Å². The molecule has 0 unspecified atom stereocenters. The minimum Gasteiger partial charge on any atom is -0.451 e. The van der Waals surface area contributed by atoms with Crippen LogP contribution < -0.4 is 0 Å². The van der Waals surface area contributed by atoms with Gasteiger partial charge in [-0.25, -0.2) is 4.79 Å². The number of hydrogen-bond acceptors (Lipinski definition) is 3. The summed E-state index contributed by atoms with van der Waals surface area (Å²) in [5, 5.41) is 9.30. The Bertz CT molecular complexity index is 494. The van der Waals surface area contributed by atoms with Crippen LogP contribution in [0.25, 0.3) is 0 Å². The van der Waals surface area contributed by atoms with Crippen molar-refractivity contribution in [3.05, 3.63) is 71.8 Å². The molecule has 0 saturated heterocycles. The van der Waals surface area contributed by atoms with Gasteiger partial charge in [0.05, 0.1) is 12.2 Å². The van der Waals surface area contributed by atoms with Crippen LogP contribution in [0.5, 0.6) is 0 Å². The van der Waals surface area contributed by atoms with Crippen molar-refractivity contribution in [1.82, 2.24) is 0 Å². The molecule has 2 rings (SSSR count). The number of carbonyl (C=O) groups is 1. The van der Waals surface area contributed by atoms with Crippen LogP contribution in [0.3, 0.4) is 0 Å². The molecule has 18 heavy (non-hydrogen) atoms. The van der Waals surface area contributed by atoms with E-state index in [9.17, 15) is 9.90 Å². The van der Waals surface area contributed by atoms with Gasteiger partial charge in [-0.15, -0.1) is 0 Å². The topological polar surface area (TPSA) is 46.5 Å². The molecule has 2 aromatic carbocycles. The van der Waals surface area contributed by atoms with Crippen LogP contribution in [0, 0.1) is 0 Å². The molecule has 0 aliphatic carbocycles. The second-order valence-corrected chi connectivity index (χ2v) is 3.85. The van der Waals surface area contributed by atoms with Gasteiger partial charge in [-0.1, -0.05) is 48.5 Å². The fraction of sp³-hybridized carbons (Fsp3) is 0.133. The van der Waals surface area contributed by atoms with E-state index in [-0.39, 0.29) is 6.61 Å². The summed E-state index contributed by atoms with van der Waals surface area (Å²) in [4.78, 5) is 11.9. The molecule has 0 aliphatic rings. The molecule has 0 amide bonds. The fourth-order valence-corrected chi connectivity index (χ4v) is 1.65. The van der Waals surface area contributed by atoms with Crippen LogP contribution in [-0.2, 0) is 4.74 Å². The summed E-state index contributed by atoms with van der Waals surface area (Å²) in [6, 6.07) is 17.9. The van der Waals surface area contributed by atoms with Crippen molar-refractivity contribution >= 4 is 5.97 Å². The molecule has 0 spiro atoms. The van der Waals surface area contributed by atoms with E-state index in [1.165, 1.54) is 0 Å². The highest BCUT2D eigenvalue weighted by atomic mass is 16.6. The molecule has 2 aromatic rings. The molecule has 3 heteroatoms. The van der Waals surface area contributed by atoms with Crippen molar-refractivity contribution in [2.75, 3.05) is 6.61 Å². The first-order valence-corrected chi connectivity index (χ1v) is 5.73. The summed E-state index contributed by atoms with van der Waals surface area (Å²) in [5.74, 6) is -0.432. The van der Waals surface area contributed by atoms with E-state index in [2.05, 4.69) is 0 Å². The smallest absolute Gasteiger partial charge is 0.338 e. The monoisotopic (exact) mass is 242 g/mol. The highest BCUT2D eigenvalue weighted by Crippen LogP contribution is 2.18. The molecule has 0 aromatic heterocycles. The predicted octanol–water partition coefficient (Wildman–Crippen LogP) is 2.58. The number of rotatable bonds is 4. The predicted molar refractivity (Wildman–Crippen MR) is 68.1 cm³/mol. The van der Waals surface area contributed by atoms with Gasteiger partial charge in [-0.2, -0.15) is 0 Å². The molecule has 0 bridgehead atoms.